The van der Waals surface area contributed by atoms with E-state index >= 15 is 0 Å². The molecule has 108 valence electrons. The standard InChI is InChI=1S/C15H17N5O/c1-4-16-14-13-9-17-20(15(13)19-10(2)18-14)11-6-5-7-12(8-11)21-3/h5-9H,4H2,1-3H3,(H,16,18,19). The predicted octanol–water partition coefficient (Wildman–Crippen LogP) is 2.56. The van der Waals surface area contributed by atoms with E-state index in [0.717, 1.165) is 34.8 Å². The lowest BCUT2D eigenvalue weighted by molar-refractivity contribution is 0.414. The van der Waals surface area contributed by atoms with Crippen molar-refractivity contribution in [3.8, 4) is 11.4 Å². The minimum Gasteiger partial charge on any atom is -0.497 e. The van der Waals surface area contributed by atoms with Crippen molar-refractivity contribution in [3.05, 3.63) is 36.3 Å². The first-order valence-corrected chi connectivity index (χ1v) is 6.83. The third-order valence-electron chi connectivity index (χ3n) is 3.18. The van der Waals surface area contributed by atoms with Gasteiger partial charge in [-0.25, -0.2) is 14.6 Å². The number of ether oxygens (including phenoxy) is 1. The van der Waals surface area contributed by atoms with Gasteiger partial charge in [-0.2, -0.15) is 5.10 Å². The molecule has 0 aliphatic heterocycles. The van der Waals surface area contributed by atoms with E-state index < -0.39 is 0 Å². The normalized spacial score (nSPS) is 10.8. The van der Waals surface area contributed by atoms with Crippen LogP contribution in [0.25, 0.3) is 16.7 Å². The van der Waals surface area contributed by atoms with Crippen LogP contribution in [-0.2, 0) is 0 Å². The predicted molar refractivity (Wildman–Crippen MR) is 82.1 cm³/mol. The van der Waals surface area contributed by atoms with Gasteiger partial charge in [-0.1, -0.05) is 6.07 Å². The average molecular weight is 283 g/mol. The number of rotatable bonds is 4. The molecule has 6 nitrogen and oxygen atoms in total. The Morgan fingerprint density at radius 2 is 2.14 bits per heavy atom. The summed E-state index contributed by atoms with van der Waals surface area (Å²) in [4.78, 5) is 8.95. The van der Waals surface area contributed by atoms with Crippen LogP contribution in [0.4, 0.5) is 5.82 Å². The summed E-state index contributed by atoms with van der Waals surface area (Å²) in [5, 5.41) is 8.60. The van der Waals surface area contributed by atoms with Crippen molar-refractivity contribution in [1.29, 1.82) is 0 Å². The molecule has 0 saturated heterocycles. The molecule has 2 aromatic heterocycles. The molecule has 3 rings (SSSR count). The van der Waals surface area contributed by atoms with E-state index in [9.17, 15) is 0 Å². The molecule has 0 saturated carbocycles. The average Bonchev–Trinajstić information content (AvgIpc) is 2.91. The zero-order valence-electron chi connectivity index (χ0n) is 12.3. The lowest BCUT2D eigenvalue weighted by Crippen LogP contribution is -2.04. The second kappa shape index (κ2) is 5.40. The number of hydrogen-bond donors (Lipinski definition) is 1. The van der Waals surface area contributed by atoms with Gasteiger partial charge in [0.25, 0.3) is 0 Å². The summed E-state index contributed by atoms with van der Waals surface area (Å²) in [5.74, 6) is 2.31. The summed E-state index contributed by atoms with van der Waals surface area (Å²) < 4.78 is 7.06. The third-order valence-corrected chi connectivity index (χ3v) is 3.18. The number of methoxy groups -OCH3 is 1. The maximum Gasteiger partial charge on any atom is 0.168 e. The molecular weight excluding hydrogens is 266 g/mol. The first kappa shape index (κ1) is 13.4. The number of hydrogen-bond acceptors (Lipinski definition) is 5. The Kier molecular flexibility index (Phi) is 3.43. The summed E-state index contributed by atoms with van der Waals surface area (Å²) in [5.41, 5.74) is 1.69. The maximum absolute atomic E-state index is 5.26. The van der Waals surface area contributed by atoms with Gasteiger partial charge in [0.15, 0.2) is 5.65 Å². The van der Waals surface area contributed by atoms with Crippen molar-refractivity contribution in [2.45, 2.75) is 13.8 Å². The Labute approximate surface area is 122 Å². The molecule has 0 radical (unpaired) electrons. The Balaban J connectivity index is 2.19. The molecule has 0 aliphatic carbocycles. The van der Waals surface area contributed by atoms with E-state index in [-0.39, 0.29) is 0 Å². The van der Waals surface area contributed by atoms with Crippen molar-refractivity contribution in [2.75, 3.05) is 19.0 Å². The zero-order chi connectivity index (χ0) is 14.8. The molecule has 0 fully saturated rings. The van der Waals surface area contributed by atoms with Crippen LogP contribution in [0.3, 0.4) is 0 Å². The van der Waals surface area contributed by atoms with Crippen molar-refractivity contribution < 1.29 is 4.74 Å². The van der Waals surface area contributed by atoms with Crippen molar-refractivity contribution in [3.63, 3.8) is 0 Å². The number of aromatic nitrogens is 4. The molecule has 0 bridgehead atoms. The fourth-order valence-electron chi connectivity index (χ4n) is 2.25. The Bertz CT molecular complexity index is 781. The molecular formula is C15H17N5O. The van der Waals surface area contributed by atoms with E-state index in [1.807, 2.05) is 38.1 Å². The van der Waals surface area contributed by atoms with E-state index in [0.29, 0.717) is 5.82 Å². The van der Waals surface area contributed by atoms with Gasteiger partial charge in [-0.3, -0.25) is 0 Å². The first-order valence-electron chi connectivity index (χ1n) is 6.83. The summed E-state index contributed by atoms with van der Waals surface area (Å²) in [7, 11) is 1.65. The number of fused-ring (bicyclic) bond motifs is 1. The molecule has 2 heterocycles. The molecule has 3 aromatic rings. The first-order chi connectivity index (χ1) is 10.2. The van der Waals surface area contributed by atoms with Gasteiger partial charge in [0.2, 0.25) is 0 Å². The molecule has 1 aromatic carbocycles. The minimum atomic E-state index is 0.711. The van der Waals surface area contributed by atoms with Gasteiger partial charge in [0, 0.05) is 12.6 Å². The monoisotopic (exact) mass is 283 g/mol. The van der Waals surface area contributed by atoms with Crippen LogP contribution < -0.4 is 10.1 Å². The van der Waals surface area contributed by atoms with Gasteiger partial charge in [-0.15, -0.1) is 0 Å². The highest BCUT2D eigenvalue weighted by Crippen LogP contribution is 2.24. The molecule has 21 heavy (non-hydrogen) atoms. The molecule has 0 aliphatic rings. The van der Waals surface area contributed by atoms with Crippen LogP contribution in [0.15, 0.2) is 30.5 Å². The smallest absolute Gasteiger partial charge is 0.168 e. The number of aryl methyl sites for hydroxylation is 1. The highest BCUT2D eigenvalue weighted by molar-refractivity contribution is 5.87. The second-order valence-electron chi connectivity index (χ2n) is 4.64. The van der Waals surface area contributed by atoms with E-state index in [2.05, 4.69) is 20.4 Å². The highest BCUT2D eigenvalue weighted by Gasteiger charge is 2.12. The lowest BCUT2D eigenvalue weighted by atomic mass is 10.3. The largest absolute Gasteiger partial charge is 0.497 e. The fourth-order valence-corrected chi connectivity index (χ4v) is 2.25. The summed E-state index contributed by atoms with van der Waals surface area (Å²) in [6.45, 7) is 4.72. The molecule has 1 N–H and O–H groups in total. The Morgan fingerprint density at radius 1 is 1.29 bits per heavy atom. The molecule has 6 heteroatoms. The van der Waals surface area contributed by atoms with Crippen molar-refractivity contribution in [2.24, 2.45) is 0 Å². The topological polar surface area (TPSA) is 64.9 Å². The van der Waals surface area contributed by atoms with Gasteiger partial charge < -0.3 is 10.1 Å². The van der Waals surface area contributed by atoms with Gasteiger partial charge in [0.1, 0.15) is 17.4 Å². The van der Waals surface area contributed by atoms with Gasteiger partial charge in [0.05, 0.1) is 24.4 Å². The molecule has 0 atom stereocenters. The quantitative estimate of drug-likeness (QED) is 0.797. The van der Waals surface area contributed by atoms with E-state index in [1.54, 1.807) is 18.0 Å². The summed E-state index contributed by atoms with van der Waals surface area (Å²) in [6, 6.07) is 7.73. The SMILES string of the molecule is CCNc1nc(C)nc2c1cnn2-c1cccc(OC)c1. The molecule has 0 unspecified atom stereocenters. The Morgan fingerprint density at radius 3 is 2.90 bits per heavy atom. The zero-order valence-corrected chi connectivity index (χ0v) is 12.3. The highest BCUT2D eigenvalue weighted by atomic mass is 16.5. The van der Waals surface area contributed by atoms with Crippen molar-refractivity contribution in [1.82, 2.24) is 19.7 Å². The second-order valence-corrected chi connectivity index (χ2v) is 4.64. The third kappa shape index (κ3) is 2.40. The minimum absolute atomic E-state index is 0.711. The molecule has 0 spiro atoms. The number of benzene rings is 1. The van der Waals surface area contributed by atoms with Crippen LogP contribution in [0.2, 0.25) is 0 Å². The van der Waals surface area contributed by atoms with Gasteiger partial charge in [-0.05, 0) is 26.0 Å². The number of anilines is 1. The van der Waals surface area contributed by atoms with Crippen LogP contribution >= 0.6 is 0 Å². The van der Waals surface area contributed by atoms with Crippen LogP contribution in [0.5, 0.6) is 5.75 Å². The number of nitrogens with zero attached hydrogens (tertiary/aromatic N) is 4. The van der Waals surface area contributed by atoms with E-state index in [4.69, 9.17) is 4.74 Å². The Hall–Kier alpha value is -2.63. The maximum atomic E-state index is 5.26. The van der Waals surface area contributed by atoms with Crippen LogP contribution in [-0.4, -0.2) is 33.4 Å². The fraction of sp³-hybridized carbons (Fsp3) is 0.267. The van der Waals surface area contributed by atoms with Gasteiger partial charge >= 0.3 is 0 Å². The molecule has 0 amide bonds. The van der Waals surface area contributed by atoms with E-state index in [1.165, 1.54) is 0 Å². The van der Waals surface area contributed by atoms with Crippen LogP contribution in [0, 0.1) is 6.92 Å². The number of nitrogens with one attached hydrogen (secondary N) is 1. The summed E-state index contributed by atoms with van der Waals surface area (Å²) in [6.07, 6.45) is 1.78. The lowest BCUT2D eigenvalue weighted by Gasteiger charge is -2.07. The summed E-state index contributed by atoms with van der Waals surface area (Å²) >= 11 is 0. The van der Waals surface area contributed by atoms with Crippen molar-refractivity contribution >= 4 is 16.9 Å². The van der Waals surface area contributed by atoms with Crippen LogP contribution in [0.1, 0.15) is 12.7 Å².